The molecule has 2 aromatic carbocycles. The molecule has 0 saturated heterocycles. The van der Waals surface area contributed by atoms with Gasteiger partial charge in [-0.3, -0.25) is 9.18 Å². The topological polar surface area (TPSA) is 29.1 Å². The Morgan fingerprint density at radius 2 is 1.76 bits per heavy atom. The smallest absolute Gasteiger partial charge is 0.187 e. The third-order valence-corrected chi connectivity index (χ3v) is 3.10. The molecule has 0 heterocycles. The number of carbonyl (C=O) groups is 1. The van der Waals surface area contributed by atoms with Crippen LogP contribution in [0.1, 0.15) is 22.3 Å². The maximum atomic E-state index is 12.1. The van der Waals surface area contributed by atoms with E-state index in [0.29, 0.717) is 12.0 Å². The van der Waals surface area contributed by atoms with Gasteiger partial charge in [-0.05, 0) is 30.5 Å². The molecule has 0 aliphatic carbocycles. The molecule has 0 bridgehead atoms. The fourth-order valence-electron chi connectivity index (χ4n) is 1.95. The molecular formula is C18H18FNO. The predicted octanol–water partition coefficient (Wildman–Crippen LogP) is 4.40. The molecule has 1 N–H and O–H groups in total. The summed E-state index contributed by atoms with van der Waals surface area (Å²) in [6.07, 6.45) is 4.44. The van der Waals surface area contributed by atoms with Crippen LogP contribution in [-0.4, -0.2) is 12.5 Å². The lowest BCUT2D eigenvalue weighted by atomic mass is 10.1. The molecule has 0 aromatic heterocycles. The maximum Gasteiger partial charge on any atom is 0.187 e. The second-order valence-electron chi connectivity index (χ2n) is 4.70. The lowest BCUT2D eigenvalue weighted by molar-refractivity contribution is 0.104. The summed E-state index contributed by atoms with van der Waals surface area (Å²) in [5.74, 6) is -0.0392. The second kappa shape index (κ2) is 8.00. The molecule has 108 valence electrons. The fourth-order valence-corrected chi connectivity index (χ4v) is 1.95. The van der Waals surface area contributed by atoms with Gasteiger partial charge in [0.2, 0.25) is 0 Å². The second-order valence-corrected chi connectivity index (χ2v) is 4.70. The predicted molar refractivity (Wildman–Crippen MR) is 84.3 cm³/mol. The van der Waals surface area contributed by atoms with E-state index in [1.807, 2.05) is 42.5 Å². The average Bonchev–Trinajstić information content (AvgIpc) is 2.55. The molecule has 21 heavy (non-hydrogen) atoms. The van der Waals surface area contributed by atoms with Crippen molar-refractivity contribution in [3.8, 4) is 0 Å². The zero-order valence-corrected chi connectivity index (χ0v) is 11.8. The van der Waals surface area contributed by atoms with Crippen LogP contribution in [0.15, 0.2) is 66.9 Å². The summed E-state index contributed by atoms with van der Waals surface area (Å²) in [4.78, 5) is 11.8. The van der Waals surface area contributed by atoms with Gasteiger partial charge in [-0.25, -0.2) is 0 Å². The van der Waals surface area contributed by atoms with E-state index >= 15 is 0 Å². The summed E-state index contributed by atoms with van der Waals surface area (Å²) in [5, 5.41) is 3.05. The van der Waals surface area contributed by atoms with Gasteiger partial charge >= 0.3 is 0 Å². The van der Waals surface area contributed by atoms with Crippen molar-refractivity contribution in [3.63, 3.8) is 0 Å². The van der Waals surface area contributed by atoms with Crippen LogP contribution < -0.4 is 5.32 Å². The lowest BCUT2D eigenvalue weighted by Crippen LogP contribution is -1.96. The number of ketones is 1. The van der Waals surface area contributed by atoms with Gasteiger partial charge in [-0.2, -0.15) is 0 Å². The number of alkyl halides is 1. The summed E-state index contributed by atoms with van der Waals surface area (Å²) in [6, 6.07) is 16.9. The number of nitrogens with one attached hydrogen (secondary N) is 1. The van der Waals surface area contributed by atoms with Crippen LogP contribution in [0.2, 0.25) is 0 Å². The molecule has 0 fully saturated rings. The average molecular weight is 283 g/mol. The minimum atomic E-state index is -0.287. The monoisotopic (exact) mass is 283 g/mol. The molecular weight excluding hydrogens is 265 g/mol. The number of anilines is 1. The van der Waals surface area contributed by atoms with Crippen LogP contribution in [0.25, 0.3) is 0 Å². The van der Waals surface area contributed by atoms with Gasteiger partial charge in [0, 0.05) is 23.5 Å². The molecule has 0 unspecified atom stereocenters. The highest BCUT2D eigenvalue weighted by Crippen LogP contribution is 2.11. The van der Waals surface area contributed by atoms with E-state index in [0.717, 1.165) is 17.7 Å². The largest absolute Gasteiger partial charge is 0.362 e. The quantitative estimate of drug-likeness (QED) is 0.603. The summed E-state index contributed by atoms with van der Waals surface area (Å²) in [7, 11) is 0. The van der Waals surface area contributed by atoms with Gasteiger partial charge in [-0.15, -0.1) is 0 Å². The zero-order valence-electron chi connectivity index (χ0n) is 11.8. The van der Waals surface area contributed by atoms with E-state index in [1.54, 1.807) is 18.3 Å². The third kappa shape index (κ3) is 4.88. The van der Waals surface area contributed by atoms with Gasteiger partial charge in [0.05, 0.1) is 6.67 Å². The SMILES string of the molecule is O=C(C=CNc1ccc(CCCF)cc1)c1ccccc1. The molecule has 0 amide bonds. The van der Waals surface area contributed by atoms with Crippen LogP contribution in [0.3, 0.4) is 0 Å². The van der Waals surface area contributed by atoms with Crippen molar-refractivity contribution in [2.45, 2.75) is 12.8 Å². The van der Waals surface area contributed by atoms with Crippen LogP contribution in [0.5, 0.6) is 0 Å². The highest BCUT2D eigenvalue weighted by atomic mass is 19.1. The number of allylic oxidation sites excluding steroid dienone is 1. The molecule has 0 atom stereocenters. The highest BCUT2D eigenvalue weighted by Gasteiger charge is 1.99. The first-order chi connectivity index (χ1) is 10.3. The van der Waals surface area contributed by atoms with Crippen molar-refractivity contribution in [1.82, 2.24) is 0 Å². The number of aryl methyl sites for hydroxylation is 1. The van der Waals surface area contributed by atoms with Crippen LogP contribution in [0.4, 0.5) is 10.1 Å². The molecule has 0 radical (unpaired) electrons. The first-order valence-corrected chi connectivity index (χ1v) is 6.97. The van der Waals surface area contributed by atoms with Crippen molar-refractivity contribution in [2.24, 2.45) is 0 Å². The van der Waals surface area contributed by atoms with Crippen LogP contribution >= 0.6 is 0 Å². The standard InChI is InChI=1S/C18H18FNO/c19-13-4-5-15-8-10-17(11-9-15)20-14-12-18(21)16-6-2-1-3-7-16/h1-3,6-12,14,20H,4-5,13H2. The zero-order chi connectivity index (χ0) is 14.9. The number of halogens is 1. The lowest BCUT2D eigenvalue weighted by Gasteiger charge is -2.03. The number of rotatable bonds is 7. The van der Waals surface area contributed by atoms with E-state index in [9.17, 15) is 9.18 Å². The van der Waals surface area contributed by atoms with Crippen molar-refractivity contribution in [2.75, 3.05) is 12.0 Å². The number of hydrogen-bond donors (Lipinski definition) is 1. The van der Waals surface area contributed by atoms with E-state index in [4.69, 9.17) is 0 Å². The van der Waals surface area contributed by atoms with Gasteiger partial charge in [0.1, 0.15) is 0 Å². The normalized spacial score (nSPS) is 10.7. The summed E-state index contributed by atoms with van der Waals surface area (Å²) in [6.45, 7) is -0.287. The molecule has 0 spiro atoms. The Bertz CT molecular complexity index is 590. The number of benzene rings is 2. The minimum Gasteiger partial charge on any atom is -0.362 e. The van der Waals surface area contributed by atoms with Crippen molar-refractivity contribution in [1.29, 1.82) is 0 Å². The van der Waals surface area contributed by atoms with Crippen molar-refractivity contribution < 1.29 is 9.18 Å². The van der Waals surface area contributed by atoms with Crippen molar-refractivity contribution >= 4 is 11.5 Å². The molecule has 0 saturated carbocycles. The van der Waals surface area contributed by atoms with E-state index in [1.165, 1.54) is 6.08 Å². The first-order valence-electron chi connectivity index (χ1n) is 6.97. The minimum absolute atomic E-state index is 0.0392. The molecule has 0 aliphatic heterocycles. The van der Waals surface area contributed by atoms with E-state index in [2.05, 4.69) is 5.32 Å². The summed E-state index contributed by atoms with van der Waals surface area (Å²) >= 11 is 0. The van der Waals surface area contributed by atoms with Crippen molar-refractivity contribution in [3.05, 3.63) is 78.0 Å². The Labute approximate surface area is 124 Å². The highest BCUT2D eigenvalue weighted by molar-refractivity contribution is 6.04. The summed E-state index contributed by atoms with van der Waals surface area (Å²) in [5.41, 5.74) is 2.68. The van der Waals surface area contributed by atoms with Gasteiger partial charge in [0.15, 0.2) is 5.78 Å². The van der Waals surface area contributed by atoms with Gasteiger partial charge < -0.3 is 5.32 Å². The fraction of sp³-hybridized carbons (Fsp3) is 0.167. The van der Waals surface area contributed by atoms with Crippen LogP contribution in [0, 0.1) is 0 Å². The molecule has 2 aromatic rings. The van der Waals surface area contributed by atoms with E-state index < -0.39 is 0 Å². The Hall–Kier alpha value is -2.42. The van der Waals surface area contributed by atoms with E-state index in [-0.39, 0.29) is 12.5 Å². The maximum absolute atomic E-state index is 12.1. The molecule has 3 heteroatoms. The third-order valence-electron chi connectivity index (χ3n) is 3.10. The Morgan fingerprint density at radius 1 is 1.05 bits per heavy atom. The Morgan fingerprint density at radius 3 is 2.43 bits per heavy atom. The van der Waals surface area contributed by atoms with Gasteiger partial charge in [-0.1, -0.05) is 42.5 Å². The van der Waals surface area contributed by atoms with Crippen LogP contribution in [-0.2, 0) is 6.42 Å². The Balaban J connectivity index is 1.88. The molecule has 2 nitrogen and oxygen atoms in total. The summed E-state index contributed by atoms with van der Waals surface area (Å²) < 4.78 is 12.1. The first kappa shape index (κ1) is 15.0. The van der Waals surface area contributed by atoms with Gasteiger partial charge in [0.25, 0.3) is 0 Å². The Kier molecular flexibility index (Phi) is 5.71. The number of hydrogen-bond acceptors (Lipinski definition) is 2. The molecule has 0 aliphatic rings. The molecule has 2 rings (SSSR count). The number of carbonyl (C=O) groups excluding carboxylic acids is 1.